The fraction of sp³-hybridized carbons (Fsp3) is 0.923. The third-order valence-electron chi connectivity index (χ3n) is 3.97. The van der Waals surface area contributed by atoms with Crippen molar-refractivity contribution in [3.05, 3.63) is 0 Å². The highest BCUT2D eigenvalue weighted by molar-refractivity contribution is 5.78. The second kappa shape index (κ2) is 5.83. The molecule has 2 fully saturated rings. The molecule has 0 spiro atoms. The van der Waals surface area contributed by atoms with Gasteiger partial charge in [-0.3, -0.25) is 4.79 Å². The minimum atomic E-state index is -0.566. The summed E-state index contributed by atoms with van der Waals surface area (Å²) in [6.45, 7) is 2.75. The van der Waals surface area contributed by atoms with Crippen LogP contribution in [0.5, 0.6) is 0 Å². The van der Waals surface area contributed by atoms with Crippen molar-refractivity contribution in [2.45, 2.75) is 50.5 Å². The molecule has 2 N–H and O–H groups in total. The van der Waals surface area contributed by atoms with Gasteiger partial charge in [0.15, 0.2) is 0 Å². The van der Waals surface area contributed by atoms with Crippen LogP contribution < -0.4 is 5.32 Å². The Hall–Kier alpha value is -0.610. The normalized spacial score (nSPS) is 23.9. The van der Waals surface area contributed by atoms with Gasteiger partial charge in [-0.1, -0.05) is 19.3 Å². The van der Waals surface area contributed by atoms with Crippen LogP contribution in [0.1, 0.15) is 44.9 Å². The number of rotatable bonds is 4. The van der Waals surface area contributed by atoms with Crippen molar-refractivity contribution < 1.29 is 9.90 Å². The van der Waals surface area contributed by atoms with Crippen molar-refractivity contribution in [1.29, 1.82) is 0 Å². The smallest absolute Gasteiger partial charge is 0.236 e. The second-order valence-electron chi connectivity index (χ2n) is 5.48. The van der Waals surface area contributed by atoms with Gasteiger partial charge >= 0.3 is 0 Å². The van der Waals surface area contributed by atoms with Crippen LogP contribution in [0.25, 0.3) is 0 Å². The van der Waals surface area contributed by atoms with E-state index in [2.05, 4.69) is 5.32 Å². The lowest BCUT2D eigenvalue weighted by Crippen LogP contribution is -2.45. The Morgan fingerprint density at radius 2 is 1.76 bits per heavy atom. The van der Waals surface area contributed by atoms with Crippen LogP contribution >= 0.6 is 0 Å². The summed E-state index contributed by atoms with van der Waals surface area (Å²) in [6.07, 6.45) is 7.46. The van der Waals surface area contributed by atoms with Crippen LogP contribution in [0, 0.1) is 0 Å². The molecule has 1 heterocycles. The first-order chi connectivity index (χ1) is 8.20. The summed E-state index contributed by atoms with van der Waals surface area (Å²) in [4.78, 5) is 13.7. The first kappa shape index (κ1) is 12.8. The van der Waals surface area contributed by atoms with E-state index in [1.54, 1.807) is 0 Å². The van der Waals surface area contributed by atoms with E-state index in [1.807, 2.05) is 4.90 Å². The standard InChI is InChI=1S/C13H24N2O2/c16-12(15-8-4-5-9-15)10-14-11-13(17)6-2-1-3-7-13/h14,17H,1-11H2. The van der Waals surface area contributed by atoms with Gasteiger partial charge in [0.05, 0.1) is 12.1 Å². The molecule has 1 aliphatic carbocycles. The molecule has 1 aliphatic heterocycles. The van der Waals surface area contributed by atoms with Crippen LogP contribution in [0.4, 0.5) is 0 Å². The number of nitrogens with zero attached hydrogens (tertiary/aromatic N) is 1. The Bertz CT molecular complexity index is 256. The minimum Gasteiger partial charge on any atom is -0.389 e. The summed E-state index contributed by atoms with van der Waals surface area (Å²) in [5, 5.41) is 13.4. The van der Waals surface area contributed by atoms with E-state index < -0.39 is 5.60 Å². The zero-order valence-corrected chi connectivity index (χ0v) is 10.6. The Morgan fingerprint density at radius 1 is 1.12 bits per heavy atom. The quantitative estimate of drug-likeness (QED) is 0.767. The number of carbonyl (C=O) groups excluding carboxylic acids is 1. The van der Waals surface area contributed by atoms with Gasteiger partial charge in [-0.15, -0.1) is 0 Å². The predicted octanol–water partition coefficient (Wildman–Crippen LogP) is 0.894. The molecule has 0 radical (unpaired) electrons. The SMILES string of the molecule is O=C(CNCC1(O)CCCCC1)N1CCCC1. The number of likely N-dealkylation sites (tertiary alicyclic amines) is 1. The first-order valence-electron chi connectivity index (χ1n) is 6.91. The summed E-state index contributed by atoms with van der Waals surface area (Å²) in [6, 6.07) is 0. The van der Waals surface area contributed by atoms with Gasteiger partial charge in [-0.2, -0.15) is 0 Å². The van der Waals surface area contributed by atoms with Crippen molar-refractivity contribution in [2.24, 2.45) is 0 Å². The van der Waals surface area contributed by atoms with Gasteiger partial charge < -0.3 is 15.3 Å². The Labute approximate surface area is 103 Å². The van der Waals surface area contributed by atoms with E-state index in [-0.39, 0.29) is 5.91 Å². The van der Waals surface area contributed by atoms with Crippen molar-refractivity contribution in [2.75, 3.05) is 26.2 Å². The third-order valence-corrected chi connectivity index (χ3v) is 3.97. The average molecular weight is 240 g/mol. The largest absolute Gasteiger partial charge is 0.389 e. The molecule has 1 amide bonds. The molecule has 0 aromatic heterocycles. The highest BCUT2D eigenvalue weighted by Crippen LogP contribution is 2.27. The topological polar surface area (TPSA) is 52.6 Å². The number of carbonyl (C=O) groups is 1. The zero-order chi connectivity index (χ0) is 12.1. The van der Waals surface area contributed by atoms with E-state index in [0.717, 1.165) is 51.6 Å². The fourth-order valence-corrected chi connectivity index (χ4v) is 2.87. The lowest BCUT2D eigenvalue weighted by Gasteiger charge is -2.32. The molecule has 0 aromatic carbocycles. The molecule has 98 valence electrons. The summed E-state index contributed by atoms with van der Waals surface area (Å²) in [5.41, 5.74) is -0.566. The number of amides is 1. The predicted molar refractivity (Wildman–Crippen MR) is 66.7 cm³/mol. The molecule has 0 unspecified atom stereocenters. The van der Waals surface area contributed by atoms with Crippen molar-refractivity contribution >= 4 is 5.91 Å². The highest BCUT2D eigenvalue weighted by Gasteiger charge is 2.29. The summed E-state index contributed by atoms with van der Waals surface area (Å²) < 4.78 is 0. The Kier molecular flexibility index (Phi) is 4.40. The number of nitrogens with one attached hydrogen (secondary N) is 1. The van der Waals surface area contributed by atoms with E-state index in [0.29, 0.717) is 13.1 Å². The molecule has 4 heteroatoms. The molecule has 2 rings (SSSR count). The van der Waals surface area contributed by atoms with Gasteiger partial charge in [-0.05, 0) is 25.7 Å². The summed E-state index contributed by atoms with van der Waals surface area (Å²) in [5.74, 6) is 0.182. The van der Waals surface area contributed by atoms with Crippen LogP contribution in [0.2, 0.25) is 0 Å². The Balaban J connectivity index is 1.66. The highest BCUT2D eigenvalue weighted by atomic mass is 16.3. The van der Waals surface area contributed by atoms with Gasteiger partial charge in [0.1, 0.15) is 0 Å². The van der Waals surface area contributed by atoms with E-state index in [4.69, 9.17) is 0 Å². The minimum absolute atomic E-state index is 0.182. The fourth-order valence-electron chi connectivity index (χ4n) is 2.87. The second-order valence-corrected chi connectivity index (χ2v) is 5.48. The number of hydrogen-bond donors (Lipinski definition) is 2. The molecule has 17 heavy (non-hydrogen) atoms. The molecule has 1 saturated carbocycles. The van der Waals surface area contributed by atoms with Gasteiger partial charge in [0.2, 0.25) is 5.91 Å². The van der Waals surface area contributed by atoms with E-state index in [1.165, 1.54) is 6.42 Å². The van der Waals surface area contributed by atoms with E-state index >= 15 is 0 Å². The monoisotopic (exact) mass is 240 g/mol. The first-order valence-corrected chi connectivity index (χ1v) is 6.91. The number of aliphatic hydroxyl groups is 1. The summed E-state index contributed by atoms with van der Waals surface area (Å²) >= 11 is 0. The molecule has 4 nitrogen and oxygen atoms in total. The zero-order valence-electron chi connectivity index (χ0n) is 10.6. The van der Waals surface area contributed by atoms with Crippen molar-refractivity contribution in [3.8, 4) is 0 Å². The molecular formula is C13H24N2O2. The van der Waals surface area contributed by atoms with Crippen LogP contribution in [-0.2, 0) is 4.79 Å². The molecule has 2 aliphatic rings. The van der Waals surface area contributed by atoms with Gasteiger partial charge in [-0.25, -0.2) is 0 Å². The molecule has 0 bridgehead atoms. The van der Waals surface area contributed by atoms with Crippen LogP contribution in [-0.4, -0.2) is 47.7 Å². The summed E-state index contributed by atoms with van der Waals surface area (Å²) in [7, 11) is 0. The number of hydrogen-bond acceptors (Lipinski definition) is 3. The maximum absolute atomic E-state index is 11.8. The van der Waals surface area contributed by atoms with Crippen molar-refractivity contribution in [3.63, 3.8) is 0 Å². The lowest BCUT2D eigenvalue weighted by atomic mass is 9.85. The van der Waals surface area contributed by atoms with Crippen molar-refractivity contribution in [1.82, 2.24) is 10.2 Å². The van der Waals surface area contributed by atoms with Crippen LogP contribution in [0.15, 0.2) is 0 Å². The van der Waals surface area contributed by atoms with Gasteiger partial charge in [0, 0.05) is 19.6 Å². The molecule has 0 aromatic rings. The maximum Gasteiger partial charge on any atom is 0.236 e. The van der Waals surface area contributed by atoms with E-state index in [9.17, 15) is 9.90 Å². The maximum atomic E-state index is 11.8. The third kappa shape index (κ3) is 3.68. The molecule has 1 saturated heterocycles. The van der Waals surface area contributed by atoms with Crippen LogP contribution in [0.3, 0.4) is 0 Å². The Morgan fingerprint density at radius 3 is 2.41 bits per heavy atom. The average Bonchev–Trinajstić information content (AvgIpc) is 2.83. The molecular weight excluding hydrogens is 216 g/mol. The van der Waals surface area contributed by atoms with Gasteiger partial charge in [0.25, 0.3) is 0 Å². The molecule has 0 atom stereocenters. The lowest BCUT2D eigenvalue weighted by molar-refractivity contribution is -0.129.